The standard InChI is InChI=1S/C36H42N3O/c1-7-10-11-13-22-34(5,6)28-19-16-26(17-20-28)32-37-38-33(40-32)27-18-21-30-29(24-27)31-15-12-14-23-39(31)36(9-3)25(4)35(30,36)8-2/h12,14-21,23-24H,4,7-11,13,22H2,1-3,5-6H3/q+1. The maximum absolute atomic E-state index is 6.26. The predicted molar refractivity (Wildman–Crippen MR) is 162 cm³/mol. The fourth-order valence-corrected chi connectivity index (χ4v) is 7.61. The van der Waals surface area contributed by atoms with Crippen LogP contribution >= 0.6 is 0 Å². The molecule has 0 saturated heterocycles. The third-order valence-corrected chi connectivity index (χ3v) is 9.97. The molecule has 40 heavy (non-hydrogen) atoms. The van der Waals surface area contributed by atoms with E-state index >= 15 is 0 Å². The van der Waals surface area contributed by atoms with Crippen LogP contribution in [-0.2, 0) is 16.4 Å². The molecule has 2 aromatic heterocycles. The third-order valence-electron chi connectivity index (χ3n) is 9.97. The van der Waals surface area contributed by atoms with E-state index in [-0.39, 0.29) is 16.4 Å². The monoisotopic (exact) mass is 532 g/mol. The summed E-state index contributed by atoms with van der Waals surface area (Å²) in [5, 5.41) is 8.90. The van der Waals surface area contributed by atoms with Crippen molar-refractivity contribution in [2.45, 2.75) is 95.9 Å². The molecule has 0 N–H and O–H groups in total. The molecule has 206 valence electrons. The summed E-state index contributed by atoms with van der Waals surface area (Å²) in [5.41, 5.74) is 8.47. The molecule has 2 aliphatic rings. The zero-order chi connectivity index (χ0) is 28.1. The zero-order valence-corrected chi connectivity index (χ0v) is 24.8. The van der Waals surface area contributed by atoms with E-state index in [1.807, 2.05) is 0 Å². The number of unbranched alkanes of at least 4 members (excludes halogenated alkanes) is 3. The molecule has 1 aliphatic heterocycles. The molecule has 1 saturated carbocycles. The molecule has 0 spiro atoms. The van der Waals surface area contributed by atoms with Gasteiger partial charge in [-0.1, -0.05) is 85.1 Å². The number of nitrogens with zero attached hydrogens (tertiary/aromatic N) is 3. The van der Waals surface area contributed by atoms with Gasteiger partial charge in [0.1, 0.15) is 0 Å². The van der Waals surface area contributed by atoms with Crippen molar-refractivity contribution in [3.8, 4) is 34.2 Å². The lowest BCUT2D eigenvalue weighted by molar-refractivity contribution is -0.731. The number of pyridine rings is 1. The molecule has 0 amide bonds. The number of fused-ring (bicyclic) bond motifs is 6. The van der Waals surface area contributed by atoms with Gasteiger partial charge in [-0.2, -0.15) is 4.57 Å². The van der Waals surface area contributed by atoms with Gasteiger partial charge in [-0.3, -0.25) is 0 Å². The summed E-state index contributed by atoms with van der Waals surface area (Å²) < 4.78 is 8.71. The average molecular weight is 533 g/mol. The molecule has 2 aromatic carbocycles. The normalized spacial score (nSPS) is 21.1. The fraction of sp³-hybridized carbons (Fsp3) is 0.417. The first-order valence-corrected chi connectivity index (χ1v) is 15.1. The van der Waals surface area contributed by atoms with Crippen molar-refractivity contribution in [2.24, 2.45) is 0 Å². The Hall–Kier alpha value is -3.53. The van der Waals surface area contributed by atoms with Crippen LogP contribution in [-0.4, -0.2) is 10.2 Å². The van der Waals surface area contributed by atoms with Crippen LogP contribution in [0.3, 0.4) is 0 Å². The second-order valence-electron chi connectivity index (χ2n) is 12.4. The molecule has 0 radical (unpaired) electrons. The lowest BCUT2D eigenvalue weighted by Crippen LogP contribution is -2.54. The van der Waals surface area contributed by atoms with Crippen LogP contribution in [0.2, 0.25) is 0 Å². The molecule has 2 atom stereocenters. The summed E-state index contributed by atoms with van der Waals surface area (Å²) in [4.78, 5) is 0. The first-order chi connectivity index (χ1) is 19.3. The highest BCUT2D eigenvalue weighted by atomic mass is 16.4. The van der Waals surface area contributed by atoms with Gasteiger partial charge in [0.05, 0.1) is 11.0 Å². The SMILES string of the molecule is C=C1C2(CC)c3ccc(-c4nnc(-c5ccc(C(C)(C)CCCCCC)cc5)o4)cc3-c3cccc[n+]3C12CC. The van der Waals surface area contributed by atoms with E-state index in [1.165, 1.54) is 60.1 Å². The Balaban J connectivity index is 1.30. The molecule has 4 nitrogen and oxygen atoms in total. The van der Waals surface area contributed by atoms with Crippen LogP contribution in [0, 0.1) is 0 Å². The van der Waals surface area contributed by atoms with Crippen molar-refractivity contribution in [1.82, 2.24) is 10.2 Å². The first-order valence-electron chi connectivity index (χ1n) is 15.1. The van der Waals surface area contributed by atoms with Crippen molar-refractivity contribution in [3.05, 3.63) is 90.1 Å². The van der Waals surface area contributed by atoms with Gasteiger partial charge >= 0.3 is 0 Å². The average Bonchev–Trinajstić information content (AvgIpc) is 3.26. The maximum atomic E-state index is 6.26. The second-order valence-corrected chi connectivity index (χ2v) is 12.4. The number of hydrogen-bond donors (Lipinski definition) is 0. The lowest BCUT2D eigenvalue weighted by atomic mass is 9.79. The van der Waals surface area contributed by atoms with Gasteiger partial charge in [0.2, 0.25) is 23.0 Å². The van der Waals surface area contributed by atoms with Gasteiger partial charge in [-0.25, -0.2) is 0 Å². The highest BCUT2D eigenvalue weighted by Gasteiger charge is 2.80. The molecular weight excluding hydrogens is 490 g/mol. The van der Waals surface area contributed by atoms with Gasteiger partial charge in [0.15, 0.2) is 6.20 Å². The van der Waals surface area contributed by atoms with Gasteiger partial charge in [0, 0.05) is 35.3 Å². The Morgan fingerprint density at radius 1 is 0.850 bits per heavy atom. The number of aromatic nitrogens is 3. The van der Waals surface area contributed by atoms with Gasteiger partial charge in [0.25, 0.3) is 0 Å². The Labute approximate surface area is 239 Å². The van der Waals surface area contributed by atoms with Crippen molar-refractivity contribution >= 4 is 0 Å². The van der Waals surface area contributed by atoms with Crippen molar-refractivity contribution in [3.63, 3.8) is 0 Å². The Kier molecular flexibility index (Phi) is 6.56. The lowest BCUT2D eigenvalue weighted by Gasteiger charge is -2.27. The first kappa shape index (κ1) is 26.7. The van der Waals surface area contributed by atoms with E-state index in [2.05, 4.69) is 123 Å². The molecule has 4 aromatic rings. The quantitative estimate of drug-likeness (QED) is 0.116. The second kappa shape index (κ2) is 9.83. The van der Waals surface area contributed by atoms with Crippen LogP contribution in [0.15, 0.2) is 83.4 Å². The molecule has 3 heterocycles. The number of allylic oxidation sites excluding steroid dienone is 1. The minimum absolute atomic E-state index is 0.0276. The highest BCUT2D eigenvalue weighted by molar-refractivity contribution is 5.78. The summed E-state index contributed by atoms with van der Waals surface area (Å²) >= 11 is 0. The fourth-order valence-electron chi connectivity index (χ4n) is 7.61. The van der Waals surface area contributed by atoms with Crippen molar-refractivity contribution in [1.29, 1.82) is 0 Å². The van der Waals surface area contributed by atoms with Crippen LogP contribution in [0.25, 0.3) is 34.2 Å². The third kappa shape index (κ3) is 3.75. The highest BCUT2D eigenvalue weighted by Crippen LogP contribution is 2.71. The van der Waals surface area contributed by atoms with Gasteiger partial charge in [-0.15, -0.1) is 10.2 Å². The van der Waals surface area contributed by atoms with Crippen LogP contribution in [0.4, 0.5) is 0 Å². The molecule has 6 rings (SSSR count). The largest absolute Gasteiger partial charge is 0.416 e. The molecule has 1 fully saturated rings. The Morgan fingerprint density at radius 3 is 2.27 bits per heavy atom. The summed E-state index contributed by atoms with van der Waals surface area (Å²) in [7, 11) is 0. The Morgan fingerprint density at radius 2 is 1.57 bits per heavy atom. The van der Waals surface area contributed by atoms with Crippen molar-refractivity contribution in [2.75, 3.05) is 0 Å². The topological polar surface area (TPSA) is 42.8 Å². The predicted octanol–water partition coefficient (Wildman–Crippen LogP) is 8.94. The van der Waals surface area contributed by atoms with Gasteiger partial charge in [-0.05, 0) is 59.7 Å². The van der Waals surface area contributed by atoms with Crippen LogP contribution in [0.5, 0.6) is 0 Å². The smallest absolute Gasteiger partial charge is 0.248 e. The van der Waals surface area contributed by atoms with E-state index < -0.39 is 0 Å². The number of benzene rings is 2. The number of rotatable bonds is 10. The van der Waals surface area contributed by atoms with E-state index in [4.69, 9.17) is 4.42 Å². The van der Waals surface area contributed by atoms with Crippen LogP contribution < -0.4 is 4.57 Å². The molecule has 4 heteroatoms. The minimum atomic E-state index is -0.0409. The number of hydrogen-bond acceptors (Lipinski definition) is 3. The van der Waals surface area contributed by atoms with E-state index in [1.54, 1.807) is 0 Å². The molecule has 1 aliphatic carbocycles. The molecule has 0 bridgehead atoms. The van der Waals surface area contributed by atoms with Crippen molar-refractivity contribution < 1.29 is 8.98 Å². The van der Waals surface area contributed by atoms with E-state index in [0.717, 1.165) is 24.0 Å². The van der Waals surface area contributed by atoms with Gasteiger partial charge < -0.3 is 4.42 Å². The maximum Gasteiger partial charge on any atom is 0.248 e. The minimum Gasteiger partial charge on any atom is -0.416 e. The summed E-state index contributed by atoms with van der Waals surface area (Å²) in [5.74, 6) is 1.11. The molecular formula is C36H42N3O+. The zero-order valence-electron chi connectivity index (χ0n) is 24.8. The summed E-state index contributed by atoms with van der Waals surface area (Å²) in [6.45, 7) is 16.1. The Bertz CT molecular complexity index is 1560. The van der Waals surface area contributed by atoms with E-state index in [0.29, 0.717) is 11.8 Å². The van der Waals surface area contributed by atoms with Crippen LogP contribution in [0.1, 0.15) is 90.7 Å². The summed E-state index contributed by atoms with van der Waals surface area (Å²) in [6.07, 6.45) is 10.6. The molecule has 2 unspecified atom stereocenters. The summed E-state index contributed by atoms with van der Waals surface area (Å²) in [6, 6.07) is 21.8. The van der Waals surface area contributed by atoms with E-state index in [9.17, 15) is 0 Å².